The Morgan fingerprint density at radius 1 is 1.20 bits per heavy atom. The number of alkyl halides is 1. The molecule has 1 heterocycles. The number of halogens is 1. The molecular formula is C17H24ClNO. The third kappa shape index (κ3) is 4.00. The van der Waals surface area contributed by atoms with E-state index in [1.807, 2.05) is 12.1 Å². The first kappa shape index (κ1) is 15.4. The first-order valence-corrected chi connectivity index (χ1v) is 7.88. The number of nitrogens with zero attached hydrogens (tertiary/aromatic N) is 1. The Bertz CT molecular complexity index is 443. The minimum absolute atomic E-state index is 0.729. The first-order valence-electron chi connectivity index (χ1n) is 7.34. The Morgan fingerprint density at radius 2 is 1.85 bits per heavy atom. The maximum atomic E-state index is 5.89. The summed E-state index contributed by atoms with van der Waals surface area (Å²) < 4.78 is 5.25. The summed E-state index contributed by atoms with van der Waals surface area (Å²) in [7, 11) is 3.90. The predicted octanol–water partition coefficient (Wildman–Crippen LogP) is 4.19. The number of likely N-dealkylation sites (tertiary alicyclic amines) is 1. The summed E-state index contributed by atoms with van der Waals surface area (Å²) >= 11 is 5.89. The second-order valence-electron chi connectivity index (χ2n) is 5.41. The standard InChI is InChI=1S/C17H24ClNO/c1-19-12-9-15(10-13-19)17(4-3-11-18)14-5-7-16(20-2)8-6-14/h5-8H,3-4,9-13H2,1-2H3. The van der Waals surface area contributed by atoms with Gasteiger partial charge >= 0.3 is 0 Å². The Balaban J connectivity index is 2.23. The quantitative estimate of drug-likeness (QED) is 0.755. The summed E-state index contributed by atoms with van der Waals surface area (Å²) in [4.78, 5) is 2.40. The lowest BCUT2D eigenvalue weighted by atomic mass is 9.90. The highest BCUT2D eigenvalue weighted by molar-refractivity contribution is 6.17. The van der Waals surface area contributed by atoms with Crippen LogP contribution in [-0.2, 0) is 0 Å². The molecule has 1 aromatic rings. The molecule has 0 aliphatic carbocycles. The van der Waals surface area contributed by atoms with Crippen molar-refractivity contribution in [3.05, 3.63) is 35.4 Å². The highest BCUT2D eigenvalue weighted by atomic mass is 35.5. The molecule has 3 heteroatoms. The molecule has 20 heavy (non-hydrogen) atoms. The summed E-state index contributed by atoms with van der Waals surface area (Å²) in [6.07, 6.45) is 4.48. The van der Waals surface area contributed by atoms with Crippen LogP contribution in [0.3, 0.4) is 0 Å². The first-order chi connectivity index (χ1) is 9.74. The second-order valence-corrected chi connectivity index (χ2v) is 5.78. The van der Waals surface area contributed by atoms with Crippen molar-refractivity contribution in [1.82, 2.24) is 4.90 Å². The molecule has 0 atom stereocenters. The van der Waals surface area contributed by atoms with Crippen LogP contribution in [0.25, 0.3) is 5.57 Å². The van der Waals surface area contributed by atoms with Gasteiger partial charge in [-0.2, -0.15) is 0 Å². The van der Waals surface area contributed by atoms with E-state index in [1.54, 1.807) is 12.7 Å². The van der Waals surface area contributed by atoms with Crippen LogP contribution in [0.4, 0.5) is 0 Å². The summed E-state index contributed by atoms with van der Waals surface area (Å²) in [6.45, 7) is 2.33. The lowest BCUT2D eigenvalue weighted by molar-refractivity contribution is 0.312. The zero-order valence-electron chi connectivity index (χ0n) is 12.5. The van der Waals surface area contributed by atoms with Gasteiger partial charge in [-0.05, 0) is 56.0 Å². The fraction of sp³-hybridized carbons (Fsp3) is 0.529. The van der Waals surface area contributed by atoms with Gasteiger partial charge in [-0.3, -0.25) is 0 Å². The van der Waals surface area contributed by atoms with Gasteiger partial charge in [-0.15, -0.1) is 11.6 Å². The molecule has 0 spiro atoms. The van der Waals surface area contributed by atoms with E-state index < -0.39 is 0 Å². The maximum absolute atomic E-state index is 5.89. The molecule has 0 N–H and O–H groups in total. The number of benzene rings is 1. The molecule has 1 fully saturated rings. The number of hydrogen-bond donors (Lipinski definition) is 0. The van der Waals surface area contributed by atoms with Gasteiger partial charge < -0.3 is 9.64 Å². The number of rotatable bonds is 5. The van der Waals surface area contributed by atoms with Crippen molar-refractivity contribution in [3.8, 4) is 5.75 Å². The van der Waals surface area contributed by atoms with Crippen molar-refractivity contribution in [2.24, 2.45) is 0 Å². The number of ether oxygens (including phenoxy) is 1. The van der Waals surface area contributed by atoms with Gasteiger partial charge in [0.15, 0.2) is 0 Å². The summed E-state index contributed by atoms with van der Waals surface area (Å²) in [6, 6.07) is 8.44. The van der Waals surface area contributed by atoms with Gasteiger partial charge in [0.1, 0.15) is 5.75 Å². The SMILES string of the molecule is COc1ccc(C(CCCCl)=C2CCN(C)CC2)cc1. The number of allylic oxidation sites excluding steroid dienone is 1. The average Bonchev–Trinajstić information content (AvgIpc) is 2.50. The molecule has 0 bridgehead atoms. The van der Waals surface area contributed by atoms with Crippen LogP contribution in [0, 0.1) is 0 Å². The van der Waals surface area contributed by atoms with Crippen LogP contribution in [0.2, 0.25) is 0 Å². The normalized spacial score (nSPS) is 16.2. The average molecular weight is 294 g/mol. The van der Waals surface area contributed by atoms with Gasteiger partial charge in [0, 0.05) is 19.0 Å². The molecule has 110 valence electrons. The topological polar surface area (TPSA) is 12.5 Å². The molecule has 2 nitrogen and oxygen atoms in total. The lowest BCUT2D eigenvalue weighted by Gasteiger charge is -2.27. The van der Waals surface area contributed by atoms with E-state index >= 15 is 0 Å². The van der Waals surface area contributed by atoms with E-state index in [4.69, 9.17) is 16.3 Å². The van der Waals surface area contributed by atoms with Crippen molar-refractivity contribution in [3.63, 3.8) is 0 Å². The van der Waals surface area contributed by atoms with E-state index in [2.05, 4.69) is 24.1 Å². The van der Waals surface area contributed by atoms with Crippen LogP contribution in [0.5, 0.6) is 5.75 Å². The van der Waals surface area contributed by atoms with E-state index in [-0.39, 0.29) is 0 Å². The molecular weight excluding hydrogens is 270 g/mol. The molecule has 0 aromatic heterocycles. The molecule has 1 aromatic carbocycles. The van der Waals surface area contributed by atoms with Crippen LogP contribution in [0.15, 0.2) is 29.8 Å². The second kappa shape index (κ2) is 7.70. The van der Waals surface area contributed by atoms with Crippen LogP contribution >= 0.6 is 11.6 Å². The molecule has 1 aliphatic heterocycles. The van der Waals surface area contributed by atoms with Crippen molar-refractivity contribution in [1.29, 1.82) is 0 Å². The van der Waals surface area contributed by atoms with Crippen LogP contribution in [-0.4, -0.2) is 38.0 Å². The molecule has 1 saturated heterocycles. The Labute approximate surface area is 127 Å². The monoisotopic (exact) mass is 293 g/mol. The van der Waals surface area contributed by atoms with E-state index in [9.17, 15) is 0 Å². The molecule has 2 rings (SSSR count). The Hall–Kier alpha value is -0.990. The van der Waals surface area contributed by atoms with Crippen LogP contribution in [0.1, 0.15) is 31.2 Å². The van der Waals surface area contributed by atoms with Crippen molar-refractivity contribution in [2.45, 2.75) is 25.7 Å². The van der Waals surface area contributed by atoms with Crippen molar-refractivity contribution in [2.75, 3.05) is 33.1 Å². The smallest absolute Gasteiger partial charge is 0.118 e. The highest BCUT2D eigenvalue weighted by Gasteiger charge is 2.15. The molecule has 0 saturated carbocycles. The largest absolute Gasteiger partial charge is 0.497 e. The fourth-order valence-corrected chi connectivity index (χ4v) is 2.88. The van der Waals surface area contributed by atoms with Crippen LogP contribution < -0.4 is 4.74 Å². The van der Waals surface area contributed by atoms with Gasteiger partial charge in [-0.1, -0.05) is 17.7 Å². The summed E-state index contributed by atoms with van der Waals surface area (Å²) in [5.74, 6) is 1.64. The minimum atomic E-state index is 0.729. The van der Waals surface area contributed by atoms with E-state index in [1.165, 1.54) is 24.0 Å². The van der Waals surface area contributed by atoms with E-state index in [0.29, 0.717) is 0 Å². The van der Waals surface area contributed by atoms with Gasteiger partial charge in [0.05, 0.1) is 7.11 Å². The molecule has 0 unspecified atom stereocenters. The van der Waals surface area contributed by atoms with Gasteiger partial charge in [0.25, 0.3) is 0 Å². The maximum Gasteiger partial charge on any atom is 0.118 e. The van der Waals surface area contributed by atoms with Crippen molar-refractivity contribution >= 4 is 17.2 Å². The van der Waals surface area contributed by atoms with Gasteiger partial charge in [-0.25, -0.2) is 0 Å². The minimum Gasteiger partial charge on any atom is -0.497 e. The van der Waals surface area contributed by atoms with Gasteiger partial charge in [0.2, 0.25) is 0 Å². The number of methoxy groups -OCH3 is 1. The summed E-state index contributed by atoms with van der Waals surface area (Å²) in [5, 5.41) is 0. The zero-order valence-corrected chi connectivity index (χ0v) is 13.2. The molecule has 1 aliphatic rings. The number of piperidine rings is 1. The highest BCUT2D eigenvalue weighted by Crippen LogP contribution is 2.31. The molecule has 0 amide bonds. The fourth-order valence-electron chi connectivity index (χ4n) is 2.75. The zero-order chi connectivity index (χ0) is 14.4. The lowest BCUT2D eigenvalue weighted by Crippen LogP contribution is -2.26. The van der Waals surface area contributed by atoms with E-state index in [0.717, 1.165) is 37.6 Å². The third-order valence-corrected chi connectivity index (χ3v) is 4.28. The molecule has 0 radical (unpaired) electrons. The van der Waals surface area contributed by atoms with Crippen molar-refractivity contribution < 1.29 is 4.74 Å². The summed E-state index contributed by atoms with van der Waals surface area (Å²) in [5.41, 5.74) is 4.44. The Morgan fingerprint density at radius 3 is 2.40 bits per heavy atom. The Kier molecular flexibility index (Phi) is 5.93. The third-order valence-electron chi connectivity index (χ3n) is 4.02. The number of hydrogen-bond acceptors (Lipinski definition) is 2. The predicted molar refractivity (Wildman–Crippen MR) is 86.6 cm³/mol.